The lowest BCUT2D eigenvalue weighted by Crippen LogP contribution is -2.28. The van der Waals surface area contributed by atoms with Gasteiger partial charge in [0.1, 0.15) is 0 Å². The van der Waals surface area contributed by atoms with Crippen molar-refractivity contribution < 1.29 is 19.2 Å². The molecule has 4 aliphatic carbocycles. The highest BCUT2D eigenvalue weighted by molar-refractivity contribution is 8.07. The summed E-state index contributed by atoms with van der Waals surface area (Å²) in [7, 11) is 0. The second-order valence-corrected chi connectivity index (χ2v) is 13.6. The monoisotopic (exact) mass is 542 g/mol. The van der Waals surface area contributed by atoms with E-state index in [2.05, 4.69) is 24.3 Å². The van der Waals surface area contributed by atoms with Crippen LogP contribution in [0.15, 0.2) is 66.2 Å². The molecule has 0 radical (unpaired) electrons. The van der Waals surface area contributed by atoms with Crippen LogP contribution in [0.3, 0.4) is 0 Å². The standard InChI is InChI=1S/C32H30O4S2/c33-19-5-1-9-23-29(19)27(30-20(34)6-2-10-24(30)37-23)17-13-15-18(16-14-17)28-31-21(35)7-3-11-25(31)38-26-12-4-8-22(36)32(26)28/h13-16,27-28H,1-12H2. The first-order chi connectivity index (χ1) is 18.5. The number of allylic oxidation sites excluding steroid dienone is 8. The number of carbonyl (C=O) groups excluding carboxylic acids is 4. The van der Waals surface area contributed by atoms with Crippen LogP contribution in [-0.4, -0.2) is 23.1 Å². The van der Waals surface area contributed by atoms with E-state index in [0.717, 1.165) is 104 Å². The molecule has 2 aliphatic heterocycles. The molecule has 0 saturated heterocycles. The fourth-order valence-electron chi connectivity index (χ4n) is 7.18. The summed E-state index contributed by atoms with van der Waals surface area (Å²) in [5.41, 5.74) is 5.26. The summed E-state index contributed by atoms with van der Waals surface area (Å²) in [6, 6.07) is 8.21. The van der Waals surface area contributed by atoms with E-state index in [1.165, 1.54) is 0 Å². The highest BCUT2D eigenvalue weighted by atomic mass is 32.2. The lowest BCUT2D eigenvalue weighted by Gasteiger charge is -2.37. The minimum absolute atomic E-state index is 0.173. The number of Topliss-reactive ketones (excluding diaryl/α,β-unsaturated/α-hetero) is 4. The highest BCUT2D eigenvalue weighted by Crippen LogP contribution is 2.55. The Balaban J connectivity index is 1.33. The zero-order valence-electron chi connectivity index (χ0n) is 21.4. The first-order valence-electron chi connectivity index (χ1n) is 14.0. The van der Waals surface area contributed by atoms with Crippen molar-refractivity contribution in [3.63, 3.8) is 0 Å². The summed E-state index contributed by atoms with van der Waals surface area (Å²) < 4.78 is 0. The fourth-order valence-corrected chi connectivity index (χ4v) is 10.1. The summed E-state index contributed by atoms with van der Waals surface area (Å²) in [5.74, 6) is 0.101. The van der Waals surface area contributed by atoms with E-state index in [-0.39, 0.29) is 35.0 Å². The normalized spacial score (nSPS) is 25.1. The predicted octanol–water partition coefficient (Wildman–Crippen LogP) is 7.38. The molecule has 4 nitrogen and oxygen atoms in total. The smallest absolute Gasteiger partial charge is 0.160 e. The second-order valence-electron chi connectivity index (χ2n) is 11.2. The van der Waals surface area contributed by atoms with Crippen molar-refractivity contribution in [2.24, 2.45) is 0 Å². The van der Waals surface area contributed by atoms with Crippen molar-refractivity contribution in [2.75, 3.05) is 0 Å². The van der Waals surface area contributed by atoms with Crippen molar-refractivity contribution in [1.82, 2.24) is 0 Å². The zero-order valence-corrected chi connectivity index (χ0v) is 23.0. The fraction of sp³-hybridized carbons (Fsp3) is 0.438. The van der Waals surface area contributed by atoms with Crippen LogP contribution in [0.25, 0.3) is 0 Å². The van der Waals surface area contributed by atoms with Crippen LogP contribution >= 0.6 is 23.5 Å². The molecule has 0 atom stereocenters. The first-order valence-corrected chi connectivity index (χ1v) is 15.6. The molecule has 6 aliphatic rings. The minimum atomic E-state index is -0.296. The number of ketones is 4. The van der Waals surface area contributed by atoms with E-state index in [0.29, 0.717) is 25.7 Å². The third kappa shape index (κ3) is 3.90. The maximum atomic E-state index is 13.2. The van der Waals surface area contributed by atoms with E-state index in [1.807, 2.05) is 0 Å². The molecule has 194 valence electrons. The molecule has 0 bridgehead atoms. The van der Waals surface area contributed by atoms with E-state index in [4.69, 9.17) is 0 Å². The molecule has 0 fully saturated rings. The molecule has 0 amide bonds. The maximum Gasteiger partial charge on any atom is 0.160 e. The molecular weight excluding hydrogens is 512 g/mol. The van der Waals surface area contributed by atoms with E-state index < -0.39 is 0 Å². The summed E-state index contributed by atoms with van der Waals surface area (Å²) in [4.78, 5) is 57.4. The van der Waals surface area contributed by atoms with Crippen molar-refractivity contribution in [3.8, 4) is 0 Å². The molecule has 6 heteroatoms. The Morgan fingerprint density at radius 3 is 0.947 bits per heavy atom. The lowest BCUT2D eigenvalue weighted by molar-refractivity contribution is -0.118. The quantitative estimate of drug-likeness (QED) is 0.389. The molecule has 0 spiro atoms. The molecule has 38 heavy (non-hydrogen) atoms. The SMILES string of the molecule is O=C1CCCC2=C1C(c1ccc(C3C4=C(CCCC4=O)SC4=C3C(=O)CCC4)cc1)C1=C(CCCC1=O)S2. The van der Waals surface area contributed by atoms with Gasteiger partial charge in [-0.05, 0) is 82.1 Å². The Bertz CT molecular complexity index is 1240. The first kappa shape index (κ1) is 24.6. The Hall–Kier alpha value is -2.44. The van der Waals surface area contributed by atoms with Gasteiger partial charge >= 0.3 is 0 Å². The van der Waals surface area contributed by atoms with Crippen LogP contribution in [-0.2, 0) is 19.2 Å². The molecule has 0 N–H and O–H groups in total. The van der Waals surface area contributed by atoms with Crippen molar-refractivity contribution in [1.29, 1.82) is 0 Å². The Labute approximate surface area is 231 Å². The van der Waals surface area contributed by atoms with Gasteiger partial charge in [-0.15, -0.1) is 0 Å². The molecule has 1 aromatic carbocycles. The van der Waals surface area contributed by atoms with E-state index in [1.54, 1.807) is 23.5 Å². The number of rotatable bonds is 2. The van der Waals surface area contributed by atoms with E-state index in [9.17, 15) is 19.2 Å². The van der Waals surface area contributed by atoms with Gasteiger partial charge in [-0.1, -0.05) is 47.8 Å². The molecule has 2 heterocycles. The molecule has 0 aromatic heterocycles. The van der Waals surface area contributed by atoms with Crippen molar-refractivity contribution in [2.45, 2.75) is 88.9 Å². The number of thioether (sulfide) groups is 2. The summed E-state index contributed by atoms with van der Waals surface area (Å²) in [5, 5.41) is 0. The number of benzene rings is 1. The average molecular weight is 543 g/mol. The number of hydrogen-bond donors (Lipinski definition) is 0. The number of hydrogen-bond acceptors (Lipinski definition) is 6. The maximum absolute atomic E-state index is 13.2. The Morgan fingerprint density at radius 2 is 0.684 bits per heavy atom. The Morgan fingerprint density at radius 1 is 0.421 bits per heavy atom. The lowest BCUT2D eigenvalue weighted by atomic mass is 9.73. The summed E-state index contributed by atoms with van der Waals surface area (Å²) in [6.07, 6.45) is 9.31. The Kier molecular flexibility index (Phi) is 6.23. The molecule has 0 unspecified atom stereocenters. The van der Waals surface area contributed by atoms with Gasteiger partial charge in [0.15, 0.2) is 23.1 Å². The molecular formula is C32H30O4S2. The average Bonchev–Trinajstić information content (AvgIpc) is 2.92. The van der Waals surface area contributed by atoms with Gasteiger partial charge in [-0.25, -0.2) is 0 Å². The summed E-state index contributed by atoms with van der Waals surface area (Å²) >= 11 is 3.37. The van der Waals surface area contributed by atoms with Gasteiger partial charge in [-0.2, -0.15) is 0 Å². The van der Waals surface area contributed by atoms with Crippen molar-refractivity contribution >= 4 is 46.7 Å². The van der Waals surface area contributed by atoms with Crippen LogP contribution in [0.5, 0.6) is 0 Å². The van der Waals surface area contributed by atoms with Gasteiger partial charge in [0.05, 0.1) is 0 Å². The van der Waals surface area contributed by atoms with Gasteiger partial charge < -0.3 is 0 Å². The van der Waals surface area contributed by atoms with Gasteiger partial charge in [0, 0.05) is 59.8 Å². The zero-order chi connectivity index (χ0) is 26.0. The second kappa shape index (κ2) is 9.63. The number of carbonyl (C=O) groups is 4. The van der Waals surface area contributed by atoms with Crippen LogP contribution in [0.2, 0.25) is 0 Å². The van der Waals surface area contributed by atoms with E-state index >= 15 is 0 Å². The molecule has 1 aromatic rings. The largest absolute Gasteiger partial charge is 0.294 e. The van der Waals surface area contributed by atoms with Crippen LogP contribution in [0, 0.1) is 0 Å². The summed E-state index contributed by atoms with van der Waals surface area (Å²) in [6.45, 7) is 0. The minimum Gasteiger partial charge on any atom is -0.294 e. The van der Waals surface area contributed by atoms with Gasteiger partial charge in [0.25, 0.3) is 0 Å². The van der Waals surface area contributed by atoms with Crippen LogP contribution < -0.4 is 0 Å². The predicted molar refractivity (Wildman–Crippen MR) is 151 cm³/mol. The third-order valence-electron chi connectivity index (χ3n) is 8.88. The van der Waals surface area contributed by atoms with Gasteiger partial charge in [-0.3, -0.25) is 19.2 Å². The van der Waals surface area contributed by atoms with Gasteiger partial charge in [0.2, 0.25) is 0 Å². The molecule has 7 rings (SSSR count). The third-order valence-corrected chi connectivity index (χ3v) is 11.6. The topological polar surface area (TPSA) is 68.3 Å². The van der Waals surface area contributed by atoms with Crippen LogP contribution in [0.4, 0.5) is 0 Å². The van der Waals surface area contributed by atoms with Crippen molar-refractivity contribution in [3.05, 3.63) is 77.3 Å². The highest BCUT2D eigenvalue weighted by Gasteiger charge is 2.42. The van der Waals surface area contributed by atoms with Crippen LogP contribution in [0.1, 0.15) is 100 Å². The molecule has 0 saturated carbocycles.